The average molecular weight is 243 g/mol. The van der Waals surface area contributed by atoms with Crippen molar-refractivity contribution in [3.8, 4) is 11.8 Å². The maximum absolute atomic E-state index is 5.52. The van der Waals surface area contributed by atoms with E-state index in [2.05, 4.69) is 30.7 Å². The van der Waals surface area contributed by atoms with Crippen molar-refractivity contribution in [1.29, 1.82) is 0 Å². The predicted molar refractivity (Wildman–Crippen MR) is 71.7 cm³/mol. The third-order valence-corrected chi connectivity index (χ3v) is 2.58. The van der Waals surface area contributed by atoms with E-state index in [0.717, 1.165) is 0 Å². The standard InChI is InChI=1S/C14H17N3O/c1-14(2,3)10-4-6-12(7-5-10)18-13-16-8-11(15)9-17-13/h4-9H,15H2,1-3H3. The van der Waals surface area contributed by atoms with Gasteiger partial charge in [0.2, 0.25) is 0 Å². The lowest BCUT2D eigenvalue weighted by atomic mass is 9.87. The summed E-state index contributed by atoms with van der Waals surface area (Å²) < 4.78 is 5.52. The highest BCUT2D eigenvalue weighted by molar-refractivity contribution is 5.34. The van der Waals surface area contributed by atoms with Crippen LogP contribution in [0.1, 0.15) is 26.3 Å². The van der Waals surface area contributed by atoms with Gasteiger partial charge in [0.05, 0.1) is 18.1 Å². The summed E-state index contributed by atoms with van der Waals surface area (Å²) in [6.45, 7) is 6.52. The van der Waals surface area contributed by atoms with Crippen molar-refractivity contribution >= 4 is 5.69 Å². The lowest BCUT2D eigenvalue weighted by Crippen LogP contribution is -2.10. The highest BCUT2D eigenvalue weighted by Gasteiger charge is 2.13. The molecule has 0 fully saturated rings. The van der Waals surface area contributed by atoms with Crippen molar-refractivity contribution in [1.82, 2.24) is 9.97 Å². The fraction of sp³-hybridized carbons (Fsp3) is 0.286. The number of hydrogen-bond acceptors (Lipinski definition) is 4. The van der Waals surface area contributed by atoms with Crippen LogP contribution in [0.5, 0.6) is 11.8 Å². The van der Waals surface area contributed by atoms with Gasteiger partial charge in [0.1, 0.15) is 5.75 Å². The Bertz CT molecular complexity index is 512. The van der Waals surface area contributed by atoms with E-state index in [1.807, 2.05) is 24.3 Å². The van der Waals surface area contributed by atoms with Gasteiger partial charge in [-0.05, 0) is 23.1 Å². The van der Waals surface area contributed by atoms with Crippen molar-refractivity contribution in [2.45, 2.75) is 26.2 Å². The zero-order valence-corrected chi connectivity index (χ0v) is 10.8. The molecule has 0 saturated heterocycles. The summed E-state index contributed by atoms with van der Waals surface area (Å²) in [4.78, 5) is 7.97. The Kier molecular flexibility index (Phi) is 3.19. The van der Waals surface area contributed by atoms with Crippen molar-refractivity contribution < 1.29 is 4.74 Å². The van der Waals surface area contributed by atoms with Crippen LogP contribution in [0.15, 0.2) is 36.7 Å². The smallest absolute Gasteiger partial charge is 0.322 e. The molecule has 0 bridgehead atoms. The van der Waals surface area contributed by atoms with Gasteiger partial charge in [-0.1, -0.05) is 32.9 Å². The molecule has 0 aliphatic carbocycles. The number of hydrogen-bond donors (Lipinski definition) is 1. The highest BCUT2D eigenvalue weighted by atomic mass is 16.5. The zero-order chi connectivity index (χ0) is 13.2. The molecule has 0 aliphatic rings. The second kappa shape index (κ2) is 4.64. The fourth-order valence-corrected chi connectivity index (χ4v) is 1.51. The zero-order valence-electron chi connectivity index (χ0n) is 10.8. The van der Waals surface area contributed by atoms with Gasteiger partial charge in [-0.3, -0.25) is 0 Å². The summed E-state index contributed by atoms with van der Waals surface area (Å²) in [5.41, 5.74) is 7.42. The Morgan fingerprint density at radius 2 is 1.56 bits per heavy atom. The van der Waals surface area contributed by atoms with E-state index in [4.69, 9.17) is 10.5 Å². The Balaban J connectivity index is 2.13. The van der Waals surface area contributed by atoms with E-state index in [9.17, 15) is 0 Å². The van der Waals surface area contributed by atoms with E-state index < -0.39 is 0 Å². The normalized spacial score (nSPS) is 11.3. The molecule has 0 amide bonds. The molecular formula is C14H17N3O. The number of benzene rings is 1. The summed E-state index contributed by atoms with van der Waals surface area (Å²) in [5.74, 6) is 0.716. The average Bonchev–Trinajstić information content (AvgIpc) is 2.32. The van der Waals surface area contributed by atoms with Crippen molar-refractivity contribution in [2.24, 2.45) is 0 Å². The summed E-state index contributed by atoms with van der Waals surface area (Å²) in [6.07, 6.45) is 3.04. The maximum atomic E-state index is 5.52. The molecule has 2 N–H and O–H groups in total. The van der Waals surface area contributed by atoms with Crippen LogP contribution in [0.25, 0.3) is 0 Å². The van der Waals surface area contributed by atoms with Crippen LogP contribution in [-0.2, 0) is 5.41 Å². The van der Waals surface area contributed by atoms with Crippen LogP contribution < -0.4 is 10.5 Å². The number of nitrogens with two attached hydrogens (primary N) is 1. The van der Waals surface area contributed by atoms with Crippen molar-refractivity contribution in [3.05, 3.63) is 42.2 Å². The minimum atomic E-state index is 0.135. The number of aromatic nitrogens is 2. The van der Waals surface area contributed by atoms with Crippen LogP contribution in [-0.4, -0.2) is 9.97 Å². The molecule has 0 spiro atoms. The minimum absolute atomic E-state index is 0.135. The Hall–Kier alpha value is -2.10. The van der Waals surface area contributed by atoms with Gasteiger partial charge >= 0.3 is 6.01 Å². The van der Waals surface area contributed by atoms with Crippen molar-refractivity contribution in [2.75, 3.05) is 5.73 Å². The van der Waals surface area contributed by atoms with Crippen LogP contribution in [0.3, 0.4) is 0 Å². The summed E-state index contributed by atoms with van der Waals surface area (Å²) in [5, 5.41) is 0. The Labute approximate surface area is 107 Å². The Morgan fingerprint density at radius 1 is 1.00 bits per heavy atom. The van der Waals surface area contributed by atoms with E-state index in [0.29, 0.717) is 17.4 Å². The number of rotatable bonds is 2. The first-order valence-corrected chi connectivity index (χ1v) is 5.81. The van der Waals surface area contributed by atoms with Crippen molar-refractivity contribution in [3.63, 3.8) is 0 Å². The first-order chi connectivity index (χ1) is 8.45. The molecular weight excluding hydrogens is 226 g/mol. The molecule has 0 atom stereocenters. The molecule has 0 unspecified atom stereocenters. The van der Waals surface area contributed by atoms with Crippen LogP contribution in [0.2, 0.25) is 0 Å². The SMILES string of the molecule is CC(C)(C)c1ccc(Oc2ncc(N)cn2)cc1. The molecule has 2 rings (SSSR count). The van der Waals surface area contributed by atoms with Gasteiger partial charge in [-0.2, -0.15) is 0 Å². The summed E-state index contributed by atoms with van der Waals surface area (Å²) in [7, 11) is 0. The maximum Gasteiger partial charge on any atom is 0.322 e. The quantitative estimate of drug-likeness (QED) is 0.880. The Morgan fingerprint density at radius 3 is 2.06 bits per heavy atom. The highest BCUT2D eigenvalue weighted by Crippen LogP contribution is 2.25. The van der Waals surface area contributed by atoms with Gasteiger partial charge < -0.3 is 10.5 Å². The first kappa shape index (κ1) is 12.4. The number of nitrogens with zero attached hydrogens (tertiary/aromatic N) is 2. The lowest BCUT2D eigenvalue weighted by molar-refractivity contribution is 0.441. The van der Waals surface area contributed by atoms with Gasteiger partial charge in [-0.15, -0.1) is 0 Å². The molecule has 2 aromatic rings. The molecule has 18 heavy (non-hydrogen) atoms. The third kappa shape index (κ3) is 2.97. The molecule has 1 aromatic heterocycles. The van der Waals surface area contributed by atoms with E-state index in [1.54, 1.807) is 0 Å². The van der Waals surface area contributed by atoms with E-state index in [1.165, 1.54) is 18.0 Å². The topological polar surface area (TPSA) is 61.0 Å². The lowest BCUT2D eigenvalue weighted by Gasteiger charge is -2.18. The second-order valence-electron chi connectivity index (χ2n) is 5.18. The number of nitrogen functional groups attached to an aromatic ring is 1. The van der Waals surface area contributed by atoms with Crippen LogP contribution >= 0.6 is 0 Å². The second-order valence-corrected chi connectivity index (χ2v) is 5.18. The number of anilines is 1. The van der Waals surface area contributed by atoms with Crippen LogP contribution in [0, 0.1) is 0 Å². The fourth-order valence-electron chi connectivity index (χ4n) is 1.51. The van der Waals surface area contributed by atoms with Crippen LogP contribution in [0.4, 0.5) is 5.69 Å². The molecule has 1 heterocycles. The first-order valence-electron chi connectivity index (χ1n) is 5.81. The molecule has 0 saturated carbocycles. The van der Waals surface area contributed by atoms with Gasteiger partial charge in [0.25, 0.3) is 0 Å². The van der Waals surface area contributed by atoms with E-state index >= 15 is 0 Å². The molecule has 0 radical (unpaired) electrons. The minimum Gasteiger partial charge on any atom is -0.424 e. The molecule has 4 heteroatoms. The third-order valence-electron chi connectivity index (χ3n) is 2.58. The van der Waals surface area contributed by atoms with Gasteiger partial charge in [0.15, 0.2) is 0 Å². The molecule has 4 nitrogen and oxygen atoms in total. The number of ether oxygens (including phenoxy) is 1. The van der Waals surface area contributed by atoms with E-state index in [-0.39, 0.29) is 5.41 Å². The molecule has 94 valence electrons. The van der Waals surface area contributed by atoms with Gasteiger partial charge in [0, 0.05) is 0 Å². The molecule has 0 aliphatic heterocycles. The predicted octanol–water partition coefficient (Wildman–Crippen LogP) is 3.15. The monoisotopic (exact) mass is 243 g/mol. The van der Waals surface area contributed by atoms with Gasteiger partial charge in [-0.25, -0.2) is 9.97 Å². The summed E-state index contributed by atoms with van der Waals surface area (Å²) >= 11 is 0. The molecule has 1 aromatic carbocycles. The largest absolute Gasteiger partial charge is 0.424 e. The summed E-state index contributed by atoms with van der Waals surface area (Å²) in [6, 6.07) is 8.23.